The maximum Gasteiger partial charge on any atom is -0.00625 e. The fraction of sp³-hybridized carbons (Fsp3) is 0.333. The van der Waals surface area contributed by atoms with Crippen molar-refractivity contribution >= 4 is 0 Å². The minimum Gasteiger partial charge on any atom is -0.405 e. The first-order chi connectivity index (χ1) is 3.41. The molecule has 0 atom stereocenters. The highest BCUT2D eigenvalue weighted by molar-refractivity contribution is 4.99. The summed E-state index contributed by atoms with van der Waals surface area (Å²) >= 11 is 0. The van der Waals surface area contributed by atoms with Crippen LogP contribution in [0.3, 0.4) is 0 Å². The van der Waals surface area contributed by atoms with E-state index in [0.29, 0.717) is 0 Å². The molecule has 0 saturated carbocycles. The van der Waals surface area contributed by atoms with Crippen molar-refractivity contribution in [3.05, 3.63) is 24.4 Å². The summed E-state index contributed by atoms with van der Waals surface area (Å²) in [6.07, 6.45) is 8.38. The summed E-state index contributed by atoms with van der Waals surface area (Å²) in [6, 6.07) is 0. The Bertz CT molecular complexity index is 72.2. The van der Waals surface area contributed by atoms with Crippen LogP contribution in [-0.4, -0.2) is 0 Å². The van der Waals surface area contributed by atoms with Crippen molar-refractivity contribution in [2.24, 2.45) is 5.73 Å². The Hall–Kier alpha value is -0.720. The Kier molecular flexibility index (Phi) is 4.74. The molecule has 0 bridgehead atoms. The normalized spacial score (nSPS) is 11.6. The van der Waals surface area contributed by atoms with Gasteiger partial charge in [0.2, 0.25) is 0 Å². The fourth-order valence-electron chi connectivity index (χ4n) is 0.279. The highest BCUT2D eigenvalue weighted by Gasteiger charge is 1.57. The second-order valence-electron chi connectivity index (χ2n) is 1.22. The van der Waals surface area contributed by atoms with Gasteiger partial charge in [-0.15, -0.1) is 0 Å². The minimum atomic E-state index is 1.07. The number of allylic oxidation sites excluding steroid dienone is 3. The summed E-state index contributed by atoms with van der Waals surface area (Å²) in [5.74, 6) is 0. The van der Waals surface area contributed by atoms with Crippen molar-refractivity contribution in [3.8, 4) is 0 Å². The van der Waals surface area contributed by atoms with Crippen LogP contribution in [0.25, 0.3) is 0 Å². The molecule has 0 fully saturated rings. The molecule has 0 spiro atoms. The molecular formula is C6H11N. The molecule has 0 aromatic carbocycles. The first-order valence-corrected chi connectivity index (χ1v) is 2.45. The first kappa shape index (κ1) is 6.28. The summed E-state index contributed by atoms with van der Waals surface area (Å²) < 4.78 is 0. The van der Waals surface area contributed by atoms with E-state index in [1.165, 1.54) is 6.20 Å². The summed E-state index contributed by atoms with van der Waals surface area (Å²) in [5, 5.41) is 0. The molecule has 0 aromatic heterocycles. The van der Waals surface area contributed by atoms with Crippen LogP contribution < -0.4 is 5.73 Å². The molecule has 2 N–H and O–H groups in total. The van der Waals surface area contributed by atoms with Crippen LogP contribution in [0.15, 0.2) is 24.4 Å². The number of hydrogen-bond donors (Lipinski definition) is 1. The van der Waals surface area contributed by atoms with E-state index in [0.717, 1.165) is 6.42 Å². The van der Waals surface area contributed by atoms with Gasteiger partial charge in [0.25, 0.3) is 0 Å². The van der Waals surface area contributed by atoms with E-state index in [9.17, 15) is 0 Å². The van der Waals surface area contributed by atoms with Crippen LogP contribution in [-0.2, 0) is 0 Å². The predicted molar refractivity (Wildman–Crippen MR) is 32.8 cm³/mol. The van der Waals surface area contributed by atoms with E-state index < -0.39 is 0 Å². The SMILES string of the molecule is CC/C=C/C=C/N. The maximum atomic E-state index is 5.04. The van der Waals surface area contributed by atoms with Gasteiger partial charge in [-0.1, -0.05) is 19.1 Å². The van der Waals surface area contributed by atoms with E-state index in [2.05, 4.69) is 6.92 Å². The van der Waals surface area contributed by atoms with Gasteiger partial charge < -0.3 is 5.73 Å². The molecule has 0 rings (SSSR count). The van der Waals surface area contributed by atoms with Gasteiger partial charge in [-0.3, -0.25) is 0 Å². The zero-order valence-electron chi connectivity index (χ0n) is 4.59. The van der Waals surface area contributed by atoms with Gasteiger partial charge in [-0.2, -0.15) is 0 Å². The maximum absolute atomic E-state index is 5.04. The second-order valence-corrected chi connectivity index (χ2v) is 1.22. The first-order valence-electron chi connectivity index (χ1n) is 2.45. The molecule has 0 heterocycles. The lowest BCUT2D eigenvalue weighted by Gasteiger charge is -1.70. The standard InChI is InChI=1S/C6H11N/c1-2-3-4-5-6-7/h3-6H,2,7H2,1H3/b4-3+,6-5+. The van der Waals surface area contributed by atoms with Crippen molar-refractivity contribution in [1.29, 1.82) is 0 Å². The third-order valence-electron chi connectivity index (χ3n) is 0.594. The molecule has 0 aliphatic heterocycles. The average molecular weight is 97.2 g/mol. The quantitative estimate of drug-likeness (QED) is 0.518. The van der Waals surface area contributed by atoms with Crippen LogP contribution in [0.1, 0.15) is 13.3 Å². The molecule has 1 nitrogen and oxygen atoms in total. The van der Waals surface area contributed by atoms with Gasteiger partial charge in [-0.25, -0.2) is 0 Å². The molecule has 0 saturated heterocycles. The largest absolute Gasteiger partial charge is 0.405 e. The molecule has 40 valence electrons. The van der Waals surface area contributed by atoms with Gasteiger partial charge in [-0.05, 0) is 18.7 Å². The third kappa shape index (κ3) is 5.28. The number of hydrogen-bond acceptors (Lipinski definition) is 1. The summed E-state index contributed by atoms with van der Waals surface area (Å²) in [7, 11) is 0. The zero-order chi connectivity index (χ0) is 5.54. The van der Waals surface area contributed by atoms with Gasteiger partial charge in [0.1, 0.15) is 0 Å². The summed E-state index contributed by atoms with van der Waals surface area (Å²) in [6.45, 7) is 2.08. The van der Waals surface area contributed by atoms with Crippen molar-refractivity contribution in [1.82, 2.24) is 0 Å². The lowest BCUT2D eigenvalue weighted by molar-refractivity contribution is 1.22. The minimum absolute atomic E-state index is 1.07. The fourth-order valence-corrected chi connectivity index (χ4v) is 0.279. The van der Waals surface area contributed by atoms with Crippen LogP contribution >= 0.6 is 0 Å². The van der Waals surface area contributed by atoms with E-state index in [1.54, 1.807) is 0 Å². The van der Waals surface area contributed by atoms with E-state index >= 15 is 0 Å². The van der Waals surface area contributed by atoms with Crippen LogP contribution in [0, 0.1) is 0 Å². The van der Waals surface area contributed by atoms with Crippen LogP contribution in [0.5, 0.6) is 0 Å². The average Bonchev–Trinajstić information content (AvgIpc) is 1.69. The van der Waals surface area contributed by atoms with Gasteiger partial charge in [0, 0.05) is 0 Å². The lowest BCUT2D eigenvalue weighted by atomic mass is 10.4. The third-order valence-corrected chi connectivity index (χ3v) is 0.594. The van der Waals surface area contributed by atoms with E-state index in [1.807, 2.05) is 18.2 Å². The van der Waals surface area contributed by atoms with Gasteiger partial charge >= 0.3 is 0 Å². The molecule has 0 radical (unpaired) electrons. The number of nitrogens with two attached hydrogens (primary N) is 1. The van der Waals surface area contributed by atoms with E-state index in [-0.39, 0.29) is 0 Å². The van der Waals surface area contributed by atoms with Crippen molar-refractivity contribution in [2.45, 2.75) is 13.3 Å². The van der Waals surface area contributed by atoms with Crippen LogP contribution in [0.2, 0.25) is 0 Å². The Morgan fingerprint density at radius 2 is 2.14 bits per heavy atom. The second kappa shape index (κ2) is 5.28. The monoisotopic (exact) mass is 97.1 g/mol. The Balaban J connectivity index is 3.09. The molecule has 0 aliphatic rings. The predicted octanol–water partition coefficient (Wildman–Crippen LogP) is 1.43. The lowest BCUT2D eigenvalue weighted by Crippen LogP contribution is -1.71. The van der Waals surface area contributed by atoms with E-state index in [4.69, 9.17) is 5.73 Å². The molecule has 7 heavy (non-hydrogen) atoms. The Morgan fingerprint density at radius 3 is 2.57 bits per heavy atom. The highest BCUT2D eigenvalue weighted by atomic mass is 14.5. The van der Waals surface area contributed by atoms with Crippen LogP contribution in [0.4, 0.5) is 0 Å². The summed E-state index contributed by atoms with van der Waals surface area (Å²) in [5.41, 5.74) is 5.04. The smallest absolute Gasteiger partial charge is 0.00625 e. The van der Waals surface area contributed by atoms with Gasteiger partial charge in [0.05, 0.1) is 0 Å². The van der Waals surface area contributed by atoms with Crippen molar-refractivity contribution in [3.63, 3.8) is 0 Å². The molecular weight excluding hydrogens is 86.1 g/mol. The topological polar surface area (TPSA) is 26.0 Å². The highest BCUT2D eigenvalue weighted by Crippen LogP contribution is 1.77. The molecule has 1 heteroatoms. The summed E-state index contributed by atoms with van der Waals surface area (Å²) in [4.78, 5) is 0. The number of rotatable bonds is 2. The Morgan fingerprint density at radius 1 is 1.43 bits per heavy atom. The van der Waals surface area contributed by atoms with Crippen molar-refractivity contribution in [2.75, 3.05) is 0 Å². The molecule has 0 aliphatic carbocycles. The molecule has 0 amide bonds. The Labute approximate surface area is 44.5 Å². The molecule has 0 unspecified atom stereocenters. The zero-order valence-corrected chi connectivity index (χ0v) is 4.59. The molecule has 0 aromatic rings. The van der Waals surface area contributed by atoms with Crippen molar-refractivity contribution < 1.29 is 0 Å². The van der Waals surface area contributed by atoms with Gasteiger partial charge in [0.15, 0.2) is 0 Å².